The second-order valence-corrected chi connectivity index (χ2v) is 6.35. The summed E-state index contributed by atoms with van der Waals surface area (Å²) in [6, 6.07) is 12.7. The molecule has 1 unspecified atom stereocenters. The molecule has 1 N–H and O–H groups in total. The fourth-order valence-corrected chi connectivity index (χ4v) is 4.17. The first-order chi connectivity index (χ1) is 10.2. The number of thioether (sulfide) groups is 1. The third-order valence-corrected chi connectivity index (χ3v) is 5.22. The fourth-order valence-electron chi connectivity index (χ4n) is 2.84. The number of halogens is 1. The van der Waals surface area contributed by atoms with Crippen LogP contribution in [0.15, 0.2) is 53.6 Å². The number of rotatable bonds is 1. The second kappa shape index (κ2) is 4.74. The number of nitrogens with one attached hydrogen (secondary N) is 1. The first-order valence-electron chi connectivity index (χ1n) is 6.78. The van der Waals surface area contributed by atoms with Gasteiger partial charge in [0.05, 0.1) is 4.90 Å². The number of carbonyl (C=O) groups excluding carboxylic acids is 1. The lowest BCUT2D eigenvalue weighted by atomic mass is 10.0. The molecule has 0 bridgehead atoms. The summed E-state index contributed by atoms with van der Waals surface area (Å²) in [5.74, 6) is -0.297. The number of carbonyl (C=O) groups is 1. The van der Waals surface area contributed by atoms with Crippen LogP contribution in [0.2, 0.25) is 0 Å². The number of aromatic amines is 1. The van der Waals surface area contributed by atoms with Gasteiger partial charge in [-0.1, -0.05) is 30.3 Å². The monoisotopic (exact) mass is 297 g/mol. The van der Waals surface area contributed by atoms with Gasteiger partial charge in [-0.2, -0.15) is 0 Å². The molecule has 104 valence electrons. The first kappa shape index (κ1) is 12.7. The molecule has 4 heteroatoms. The molecule has 2 nitrogen and oxygen atoms in total. The number of Topliss-reactive ketones (excluding diaryl/α,β-unsaturated/α-hetero) is 1. The molecule has 1 aliphatic rings. The van der Waals surface area contributed by atoms with Crippen molar-refractivity contribution in [3.63, 3.8) is 0 Å². The maximum Gasteiger partial charge on any atom is 0.165 e. The number of para-hydroxylation sites is 1. The molecule has 0 amide bonds. The van der Waals surface area contributed by atoms with E-state index in [9.17, 15) is 9.18 Å². The van der Waals surface area contributed by atoms with Gasteiger partial charge in [-0.25, -0.2) is 4.39 Å². The van der Waals surface area contributed by atoms with Gasteiger partial charge in [0.2, 0.25) is 0 Å². The van der Waals surface area contributed by atoms with E-state index in [0.29, 0.717) is 16.9 Å². The number of fused-ring (bicyclic) bond motifs is 2. The van der Waals surface area contributed by atoms with Crippen LogP contribution in [-0.4, -0.2) is 10.8 Å². The Morgan fingerprint density at radius 1 is 1.14 bits per heavy atom. The van der Waals surface area contributed by atoms with Crippen LogP contribution >= 0.6 is 11.8 Å². The van der Waals surface area contributed by atoms with Gasteiger partial charge < -0.3 is 4.98 Å². The minimum Gasteiger partial charge on any atom is -0.361 e. The number of hydrogen-bond donors (Lipinski definition) is 1. The third kappa shape index (κ3) is 1.98. The zero-order valence-corrected chi connectivity index (χ0v) is 11.9. The van der Waals surface area contributed by atoms with Gasteiger partial charge in [0.15, 0.2) is 5.78 Å². The molecular weight excluding hydrogens is 285 g/mol. The highest BCUT2D eigenvalue weighted by molar-refractivity contribution is 7.99. The summed E-state index contributed by atoms with van der Waals surface area (Å²) >= 11 is 1.44. The van der Waals surface area contributed by atoms with Crippen molar-refractivity contribution >= 4 is 28.4 Å². The van der Waals surface area contributed by atoms with E-state index in [4.69, 9.17) is 0 Å². The van der Waals surface area contributed by atoms with E-state index in [2.05, 4.69) is 4.98 Å². The van der Waals surface area contributed by atoms with Crippen LogP contribution in [0, 0.1) is 5.82 Å². The summed E-state index contributed by atoms with van der Waals surface area (Å²) in [7, 11) is 0. The quantitative estimate of drug-likeness (QED) is 0.704. The number of aromatic nitrogens is 1. The van der Waals surface area contributed by atoms with Crippen molar-refractivity contribution in [1.29, 1.82) is 0 Å². The summed E-state index contributed by atoms with van der Waals surface area (Å²) in [6.07, 6.45) is 2.34. The van der Waals surface area contributed by atoms with Gasteiger partial charge in [0.1, 0.15) is 5.82 Å². The SMILES string of the molecule is O=C1CC(c2c[nH]c3ccccc23)Sc2c(F)cccc21. The van der Waals surface area contributed by atoms with Crippen LogP contribution in [0.4, 0.5) is 4.39 Å². The molecule has 1 aromatic heterocycles. The molecule has 2 heterocycles. The van der Waals surface area contributed by atoms with E-state index >= 15 is 0 Å². The summed E-state index contributed by atoms with van der Waals surface area (Å²) in [4.78, 5) is 16.0. The maximum absolute atomic E-state index is 14.0. The van der Waals surface area contributed by atoms with Crippen LogP contribution in [0.3, 0.4) is 0 Å². The molecule has 4 rings (SSSR count). The van der Waals surface area contributed by atoms with E-state index in [1.54, 1.807) is 12.1 Å². The van der Waals surface area contributed by atoms with E-state index in [-0.39, 0.29) is 16.9 Å². The van der Waals surface area contributed by atoms with Gasteiger partial charge in [0.25, 0.3) is 0 Å². The largest absolute Gasteiger partial charge is 0.361 e. The molecule has 0 spiro atoms. The third-order valence-electron chi connectivity index (χ3n) is 3.87. The minimum atomic E-state index is -0.310. The van der Waals surface area contributed by atoms with Crippen molar-refractivity contribution in [2.75, 3.05) is 0 Å². The highest BCUT2D eigenvalue weighted by Crippen LogP contribution is 2.47. The van der Waals surface area contributed by atoms with Gasteiger partial charge >= 0.3 is 0 Å². The highest BCUT2D eigenvalue weighted by atomic mass is 32.2. The Kier molecular flexibility index (Phi) is 2.86. The summed E-state index contributed by atoms with van der Waals surface area (Å²) in [5, 5.41) is 1.06. The number of ketones is 1. The van der Waals surface area contributed by atoms with Gasteiger partial charge in [-0.05, 0) is 17.7 Å². The zero-order chi connectivity index (χ0) is 14.4. The normalized spacial score (nSPS) is 18.0. The van der Waals surface area contributed by atoms with E-state index in [1.807, 2.05) is 30.5 Å². The fraction of sp³-hybridized carbons (Fsp3) is 0.118. The van der Waals surface area contributed by atoms with Gasteiger partial charge in [-0.3, -0.25) is 4.79 Å². The van der Waals surface area contributed by atoms with Crippen LogP contribution in [0.5, 0.6) is 0 Å². The number of benzene rings is 2. The van der Waals surface area contributed by atoms with Crippen molar-refractivity contribution in [2.45, 2.75) is 16.6 Å². The van der Waals surface area contributed by atoms with Crippen LogP contribution in [-0.2, 0) is 0 Å². The lowest BCUT2D eigenvalue weighted by molar-refractivity contribution is 0.0975. The van der Waals surface area contributed by atoms with E-state index in [0.717, 1.165) is 16.5 Å². The molecule has 2 aromatic carbocycles. The summed E-state index contributed by atoms with van der Waals surface area (Å²) in [5.41, 5.74) is 2.62. The molecule has 1 aliphatic heterocycles. The van der Waals surface area contributed by atoms with Crippen molar-refractivity contribution in [1.82, 2.24) is 4.98 Å². The Hall–Kier alpha value is -2.07. The topological polar surface area (TPSA) is 32.9 Å². The van der Waals surface area contributed by atoms with Crippen molar-refractivity contribution < 1.29 is 9.18 Å². The maximum atomic E-state index is 14.0. The Morgan fingerprint density at radius 2 is 2.00 bits per heavy atom. The predicted molar refractivity (Wildman–Crippen MR) is 82.2 cm³/mol. The van der Waals surface area contributed by atoms with Crippen molar-refractivity contribution in [3.05, 3.63) is 65.6 Å². The molecule has 0 saturated carbocycles. The molecule has 3 aromatic rings. The Morgan fingerprint density at radius 3 is 2.90 bits per heavy atom. The predicted octanol–water partition coefficient (Wildman–Crippen LogP) is 4.73. The smallest absolute Gasteiger partial charge is 0.165 e. The van der Waals surface area contributed by atoms with Crippen LogP contribution in [0.1, 0.15) is 27.6 Å². The van der Waals surface area contributed by atoms with Crippen LogP contribution < -0.4 is 0 Å². The van der Waals surface area contributed by atoms with Crippen LogP contribution in [0.25, 0.3) is 10.9 Å². The molecule has 0 radical (unpaired) electrons. The molecular formula is C17H12FNOS. The molecule has 0 saturated heterocycles. The van der Waals surface area contributed by atoms with E-state index in [1.165, 1.54) is 17.8 Å². The van der Waals surface area contributed by atoms with E-state index < -0.39 is 0 Å². The Bertz CT molecular complexity index is 855. The van der Waals surface area contributed by atoms with Gasteiger partial charge in [-0.15, -0.1) is 11.8 Å². The standard InChI is InChI=1S/C17H12FNOS/c18-13-6-3-5-11-15(20)8-16(21-17(11)13)12-9-19-14-7-2-1-4-10(12)14/h1-7,9,16,19H,8H2. The lowest BCUT2D eigenvalue weighted by Crippen LogP contribution is -2.13. The molecule has 21 heavy (non-hydrogen) atoms. The number of hydrogen-bond acceptors (Lipinski definition) is 2. The minimum absolute atomic E-state index is 0.0125. The Balaban J connectivity index is 1.82. The first-order valence-corrected chi connectivity index (χ1v) is 7.66. The van der Waals surface area contributed by atoms with Crippen molar-refractivity contribution in [2.24, 2.45) is 0 Å². The molecule has 0 fully saturated rings. The molecule has 0 aliphatic carbocycles. The Labute approximate surface area is 125 Å². The van der Waals surface area contributed by atoms with Gasteiger partial charge in [0, 0.05) is 34.3 Å². The molecule has 1 atom stereocenters. The highest BCUT2D eigenvalue weighted by Gasteiger charge is 2.30. The second-order valence-electron chi connectivity index (χ2n) is 5.14. The zero-order valence-electron chi connectivity index (χ0n) is 11.1. The average Bonchev–Trinajstić information content (AvgIpc) is 2.92. The average molecular weight is 297 g/mol. The summed E-state index contributed by atoms with van der Waals surface area (Å²) < 4.78 is 14.0. The summed E-state index contributed by atoms with van der Waals surface area (Å²) in [6.45, 7) is 0. The number of H-pyrrole nitrogens is 1. The van der Waals surface area contributed by atoms with Crippen molar-refractivity contribution in [3.8, 4) is 0 Å². The lowest BCUT2D eigenvalue weighted by Gasteiger charge is -2.23.